The minimum Gasteiger partial charge on any atom is -0.321 e. The van der Waals surface area contributed by atoms with E-state index in [0.717, 1.165) is 11.4 Å². The van der Waals surface area contributed by atoms with Crippen molar-refractivity contribution in [3.05, 3.63) is 59.4 Å². The number of benzene rings is 1. The molecule has 0 radical (unpaired) electrons. The van der Waals surface area contributed by atoms with Crippen LogP contribution in [-0.2, 0) is 5.41 Å². The Morgan fingerprint density at radius 1 is 1.05 bits per heavy atom. The van der Waals surface area contributed by atoms with E-state index in [1.54, 1.807) is 6.07 Å². The molecule has 3 heteroatoms. The molecule has 0 saturated carbocycles. The monoisotopic (exact) mass is 268 g/mol. The summed E-state index contributed by atoms with van der Waals surface area (Å²) < 4.78 is 0. The average molecular weight is 268 g/mol. The van der Waals surface area contributed by atoms with Crippen molar-refractivity contribution in [1.29, 1.82) is 0 Å². The van der Waals surface area contributed by atoms with Gasteiger partial charge < -0.3 is 5.32 Å². The van der Waals surface area contributed by atoms with E-state index < -0.39 is 0 Å². The fraction of sp³-hybridized carbons (Fsp3) is 0.294. The van der Waals surface area contributed by atoms with Crippen molar-refractivity contribution in [3.8, 4) is 0 Å². The van der Waals surface area contributed by atoms with E-state index in [2.05, 4.69) is 31.1 Å². The predicted molar refractivity (Wildman–Crippen MR) is 82.1 cm³/mol. The maximum Gasteiger partial charge on any atom is 0.274 e. The standard InChI is InChI=1S/C17H20N2O/c1-12-6-5-7-15(18-12)16(20)19-14-10-8-13(9-11-14)17(2,3)4/h5-11H,1-4H3,(H,19,20). The van der Waals surface area contributed by atoms with Crippen molar-refractivity contribution < 1.29 is 4.79 Å². The zero-order valence-corrected chi connectivity index (χ0v) is 12.4. The van der Waals surface area contributed by atoms with Crippen LogP contribution in [0, 0.1) is 6.92 Å². The first-order valence-corrected chi connectivity index (χ1v) is 6.72. The van der Waals surface area contributed by atoms with Crippen LogP contribution in [0.15, 0.2) is 42.5 Å². The van der Waals surface area contributed by atoms with Gasteiger partial charge >= 0.3 is 0 Å². The number of carbonyl (C=O) groups excluding carboxylic acids is 1. The third kappa shape index (κ3) is 3.44. The number of amides is 1. The van der Waals surface area contributed by atoms with Crippen LogP contribution in [0.25, 0.3) is 0 Å². The summed E-state index contributed by atoms with van der Waals surface area (Å²) in [5.74, 6) is -0.183. The van der Waals surface area contributed by atoms with Gasteiger partial charge in [0.1, 0.15) is 5.69 Å². The second-order valence-electron chi connectivity index (χ2n) is 5.95. The summed E-state index contributed by atoms with van der Waals surface area (Å²) in [6.07, 6.45) is 0. The number of nitrogens with zero attached hydrogens (tertiary/aromatic N) is 1. The normalized spacial score (nSPS) is 11.2. The lowest BCUT2D eigenvalue weighted by Crippen LogP contribution is -2.15. The minimum absolute atomic E-state index is 0.112. The van der Waals surface area contributed by atoms with E-state index in [0.29, 0.717) is 5.69 Å². The molecule has 0 aliphatic heterocycles. The number of pyridine rings is 1. The van der Waals surface area contributed by atoms with Gasteiger partial charge in [-0.25, -0.2) is 4.98 Å². The molecule has 0 fully saturated rings. The Morgan fingerprint density at radius 2 is 1.70 bits per heavy atom. The summed E-state index contributed by atoms with van der Waals surface area (Å²) in [4.78, 5) is 16.3. The number of nitrogens with one attached hydrogen (secondary N) is 1. The van der Waals surface area contributed by atoms with Crippen LogP contribution in [0.2, 0.25) is 0 Å². The molecule has 0 aliphatic rings. The van der Waals surface area contributed by atoms with Gasteiger partial charge in [-0.1, -0.05) is 39.0 Å². The first kappa shape index (κ1) is 14.3. The molecule has 2 aromatic rings. The van der Waals surface area contributed by atoms with E-state index in [4.69, 9.17) is 0 Å². The van der Waals surface area contributed by atoms with Crippen LogP contribution < -0.4 is 5.32 Å². The molecule has 104 valence electrons. The van der Waals surface area contributed by atoms with Crippen molar-refractivity contribution in [2.24, 2.45) is 0 Å². The molecule has 2 rings (SSSR count). The second kappa shape index (κ2) is 5.45. The summed E-state index contributed by atoms with van der Waals surface area (Å²) in [5.41, 5.74) is 3.40. The van der Waals surface area contributed by atoms with Gasteiger partial charge in [-0.05, 0) is 42.2 Å². The third-order valence-electron chi connectivity index (χ3n) is 3.13. The number of aryl methyl sites for hydroxylation is 1. The fourth-order valence-corrected chi connectivity index (χ4v) is 1.92. The number of aromatic nitrogens is 1. The first-order chi connectivity index (χ1) is 9.36. The highest BCUT2D eigenvalue weighted by Gasteiger charge is 2.13. The first-order valence-electron chi connectivity index (χ1n) is 6.72. The smallest absolute Gasteiger partial charge is 0.274 e. The van der Waals surface area contributed by atoms with E-state index >= 15 is 0 Å². The Morgan fingerprint density at radius 3 is 2.25 bits per heavy atom. The summed E-state index contributed by atoms with van der Waals surface area (Å²) in [7, 11) is 0. The summed E-state index contributed by atoms with van der Waals surface area (Å²) >= 11 is 0. The van der Waals surface area contributed by atoms with Crippen molar-refractivity contribution in [1.82, 2.24) is 4.98 Å². The molecule has 0 unspecified atom stereocenters. The molecule has 1 aromatic carbocycles. The van der Waals surface area contributed by atoms with E-state index in [9.17, 15) is 4.79 Å². The molecule has 0 atom stereocenters. The molecule has 0 saturated heterocycles. The van der Waals surface area contributed by atoms with Crippen LogP contribution in [0.3, 0.4) is 0 Å². The Bertz CT molecular complexity index is 610. The van der Waals surface area contributed by atoms with E-state index in [1.807, 2.05) is 43.3 Å². The largest absolute Gasteiger partial charge is 0.321 e. The van der Waals surface area contributed by atoms with Crippen LogP contribution in [0.1, 0.15) is 42.5 Å². The van der Waals surface area contributed by atoms with Crippen LogP contribution >= 0.6 is 0 Å². The highest BCUT2D eigenvalue weighted by molar-refractivity contribution is 6.02. The van der Waals surface area contributed by atoms with E-state index in [-0.39, 0.29) is 11.3 Å². The number of hydrogen-bond acceptors (Lipinski definition) is 2. The van der Waals surface area contributed by atoms with Crippen molar-refractivity contribution in [3.63, 3.8) is 0 Å². The lowest BCUT2D eigenvalue weighted by atomic mass is 9.87. The number of anilines is 1. The molecule has 20 heavy (non-hydrogen) atoms. The number of hydrogen-bond donors (Lipinski definition) is 1. The molecule has 3 nitrogen and oxygen atoms in total. The predicted octanol–water partition coefficient (Wildman–Crippen LogP) is 3.94. The van der Waals surface area contributed by atoms with E-state index in [1.165, 1.54) is 5.56 Å². The summed E-state index contributed by atoms with van der Waals surface area (Å²) in [6, 6.07) is 13.3. The van der Waals surface area contributed by atoms with Gasteiger partial charge in [0.05, 0.1) is 0 Å². The Balaban J connectivity index is 2.12. The summed E-state index contributed by atoms with van der Waals surface area (Å²) in [6.45, 7) is 8.36. The Kier molecular flexibility index (Phi) is 3.89. The van der Waals surface area contributed by atoms with Gasteiger partial charge in [0.25, 0.3) is 5.91 Å². The van der Waals surface area contributed by atoms with Crippen molar-refractivity contribution in [2.75, 3.05) is 5.32 Å². The molecule has 1 aromatic heterocycles. The Hall–Kier alpha value is -2.16. The third-order valence-corrected chi connectivity index (χ3v) is 3.13. The second-order valence-corrected chi connectivity index (χ2v) is 5.95. The van der Waals surface area contributed by atoms with Crippen molar-refractivity contribution in [2.45, 2.75) is 33.1 Å². The lowest BCUT2D eigenvalue weighted by molar-refractivity contribution is 0.102. The molecule has 0 bridgehead atoms. The number of rotatable bonds is 2. The van der Waals surface area contributed by atoms with Crippen LogP contribution in [0.4, 0.5) is 5.69 Å². The molecular formula is C17H20N2O. The van der Waals surface area contributed by atoms with Crippen LogP contribution in [-0.4, -0.2) is 10.9 Å². The van der Waals surface area contributed by atoms with Crippen molar-refractivity contribution >= 4 is 11.6 Å². The minimum atomic E-state index is -0.183. The van der Waals surface area contributed by atoms with Gasteiger partial charge in [0, 0.05) is 11.4 Å². The quantitative estimate of drug-likeness (QED) is 0.896. The maximum atomic E-state index is 12.1. The highest BCUT2D eigenvalue weighted by atomic mass is 16.1. The number of carbonyl (C=O) groups is 1. The van der Waals surface area contributed by atoms with Gasteiger partial charge in [-0.15, -0.1) is 0 Å². The lowest BCUT2D eigenvalue weighted by Gasteiger charge is -2.19. The maximum absolute atomic E-state index is 12.1. The average Bonchev–Trinajstić information content (AvgIpc) is 2.38. The van der Waals surface area contributed by atoms with Gasteiger partial charge in [-0.3, -0.25) is 4.79 Å². The zero-order chi connectivity index (χ0) is 14.8. The zero-order valence-electron chi connectivity index (χ0n) is 12.4. The SMILES string of the molecule is Cc1cccc(C(=O)Nc2ccc(C(C)(C)C)cc2)n1. The molecule has 1 heterocycles. The molecule has 0 aliphatic carbocycles. The molecule has 1 amide bonds. The molecule has 1 N–H and O–H groups in total. The van der Waals surface area contributed by atoms with Gasteiger partial charge in [0.2, 0.25) is 0 Å². The topological polar surface area (TPSA) is 42.0 Å². The van der Waals surface area contributed by atoms with Gasteiger partial charge in [0.15, 0.2) is 0 Å². The van der Waals surface area contributed by atoms with Crippen LogP contribution in [0.5, 0.6) is 0 Å². The van der Waals surface area contributed by atoms with Gasteiger partial charge in [-0.2, -0.15) is 0 Å². The molecular weight excluding hydrogens is 248 g/mol. The fourth-order valence-electron chi connectivity index (χ4n) is 1.92. The Labute approximate surface area is 120 Å². The summed E-state index contributed by atoms with van der Waals surface area (Å²) in [5, 5.41) is 2.86. The highest BCUT2D eigenvalue weighted by Crippen LogP contribution is 2.23. The molecule has 0 spiro atoms.